The first kappa shape index (κ1) is 23.7. The molecule has 0 aromatic carbocycles. The van der Waals surface area contributed by atoms with Crippen molar-refractivity contribution in [2.45, 2.75) is 22.6 Å². The average molecular weight is 439 g/mol. The summed E-state index contributed by atoms with van der Waals surface area (Å²) in [6.45, 7) is 0. The Morgan fingerprint density at radius 2 is 1.08 bits per heavy atom. The lowest BCUT2D eigenvalue weighted by molar-refractivity contribution is -0.139. The molecule has 0 spiro atoms. The van der Waals surface area contributed by atoms with E-state index < -0.39 is 49.0 Å². The van der Waals surface area contributed by atoms with Gasteiger partial charge in [0.1, 0.15) is 0 Å². The van der Waals surface area contributed by atoms with Crippen LogP contribution in [0.5, 0.6) is 0 Å². The predicted octanol–water partition coefficient (Wildman–Crippen LogP) is 1.02. The Labute approximate surface area is 128 Å². The highest BCUT2D eigenvalue weighted by molar-refractivity contribution is 6.92. The minimum Gasteiger partial charge on any atom is -0.404 e. The average Bonchev–Trinajstić information content (AvgIpc) is 2.32. The first-order valence-corrected chi connectivity index (χ1v) is 10.1. The van der Waals surface area contributed by atoms with E-state index >= 15 is 0 Å². The van der Waals surface area contributed by atoms with E-state index in [4.69, 9.17) is 14.4 Å². The van der Waals surface area contributed by atoms with Gasteiger partial charge in [0, 0.05) is 7.11 Å². The van der Waals surface area contributed by atoms with Crippen LogP contribution in [0.15, 0.2) is 0 Å². The molecule has 0 bridgehead atoms. The van der Waals surface area contributed by atoms with Crippen LogP contribution in [-0.4, -0.2) is 70.5 Å². The molecule has 24 heavy (non-hydrogen) atoms. The SMILES string of the molecule is CO[Si](O)(C(F)(F)F)C(F)(F)[Si](O)(O[Si](O)C(F)(F)F)C(F)(F)F. The van der Waals surface area contributed by atoms with Crippen molar-refractivity contribution in [2.75, 3.05) is 7.11 Å². The van der Waals surface area contributed by atoms with Gasteiger partial charge in [-0.15, -0.1) is 0 Å². The molecule has 0 heterocycles. The molecule has 0 aliphatic rings. The molecule has 0 aromatic rings. The maximum Gasteiger partial charge on any atom is 0.529 e. The Morgan fingerprint density at radius 1 is 0.750 bits per heavy atom. The molecule has 0 aliphatic carbocycles. The van der Waals surface area contributed by atoms with E-state index in [1.807, 2.05) is 0 Å². The predicted molar refractivity (Wildman–Crippen MR) is 55.1 cm³/mol. The first-order valence-electron chi connectivity index (χ1n) is 5.02. The Morgan fingerprint density at radius 3 is 1.29 bits per heavy atom. The van der Waals surface area contributed by atoms with Gasteiger partial charge in [-0.25, -0.2) is 8.78 Å². The van der Waals surface area contributed by atoms with Crippen molar-refractivity contribution >= 4 is 26.4 Å². The summed E-state index contributed by atoms with van der Waals surface area (Å²) in [6, 6.07) is 0. The molecule has 145 valence electrons. The lowest BCUT2D eigenvalue weighted by Crippen LogP contribution is -2.82. The zero-order chi connectivity index (χ0) is 20.0. The monoisotopic (exact) mass is 439 g/mol. The van der Waals surface area contributed by atoms with E-state index in [0.29, 0.717) is 0 Å². The van der Waals surface area contributed by atoms with Crippen molar-refractivity contribution in [3.8, 4) is 0 Å². The van der Waals surface area contributed by atoms with Gasteiger partial charge >= 0.3 is 49.0 Å². The maximum absolute atomic E-state index is 13.7. The van der Waals surface area contributed by atoms with Crippen LogP contribution < -0.4 is 0 Å². The van der Waals surface area contributed by atoms with Crippen LogP contribution in [0.1, 0.15) is 0 Å². The van der Waals surface area contributed by atoms with E-state index in [1.165, 1.54) is 0 Å². The molecule has 0 saturated carbocycles. The maximum atomic E-state index is 13.7. The number of rotatable bonds is 5. The highest BCUT2D eigenvalue weighted by atomic mass is 28.5. The minimum absolute atomic E-state index is 0.284. The third kappa shape index (κ3) is 3.76. The Bertz CT molecular complexity index is 451. The Hall–Kier alpha value is -0.319. The van der Waals surface area contributed by atoms with Gasteiger partial charge in [-0.2, -0.15) is 39.5 Å². The molecule has 0 amide bonds. The molecular formula is C5H6F11O5Si3. The molecular weight excluding hydrogens is 433 g/mol. The van der Waals surface area contributed by atoms with Crippen LogP contribution in [-0.2, 0) is 8.54 Å². The van der Waals surface area contributed by atoms with Crippen molar-refractivity contribution in [3.63, 3.8) is 0 Å². The quantitative estimate of drug-likeness (QED) is 0.441. The Balaban J connectivity index is 6.37. The zero-order valence-corrected chi connectivity index (χ0v) is 13.8. The largest absolute Gasteiger partial charge is 0.529 e. The van der Waals surface area contributed by atoms with Gasteiger partial charge in [0.15, 0.2) is 0 Å². The number of hydrogen-bond acceptors (Lipinski definition) is 5. The molecule has 5 nitrogen and oxygen atoms in total. The van der Waals surface area contributed by atoms with Gasteiger partial charge in [0.05, 0.1) is 0 Å². The van der Waals surface area contributed by atoms with Gasteiger partial charge in [0.2, 0.25) is 0 Å². The lowest BCUT2D eigenvalue weighted by atomic mass is 11.5. The molecule has 0 saturated heterocycles. The van der Waals surface area contributed by atoms with E-state index in [-0.39, 0.29) is 7.11 Å². The molecule has 0 aromatic heterocycles. The molecule has 19 heteroatoms. The smallest absolute Gasteiger partial charge is 0.404 e. The molecule has 0 aliphatic heterocycles. The number of hydrogen-bond donors (Lipinski definition) is 3. The van der Waals surface area contributed by atoms with Crippen LogP contribution in [0.2, 0.25) is 0 Å². The normalized spacial score (nSPS) is 20.0. The summed E-state index contributed by atoms with van der Waals surface area (Å²) in [5, 5.41) is -6.71. The summed E-state index contributed by atoms with van der Waals surface area (Å²) in [5.74, 6) is -19.5. The lowest BCUT2D eigenvalue weighted by Gasteiger charge is -2.40. The van der Waals surface area contributed by atoms with Gasteiger partial charge < -0.3 is 22.9 Å². The summed E-state index contributed by atoms with van der Waals surface area (Å²) >= 11 is 0. The fraction of sp³-hybridized carbons (Fsp3) is 1.00. The van der Waals surface area contributed by atoms with Crippen molar-refractivity contribution in [1.82, 2.24) is 0 Å². The Kier molecular flexibility index (Phi) is 6.36. The topological polar surface area (TPSA) is 79.2 Å². The molecule has 2 unspecified atom stereocenters. The fourth-order valence-electron chi connectivity index (χ4n) is 1.15. The summed E-state index contributed by atoms with van der Waals surface area (Å²) < 4.78 is 145. The number of halogens is 11. The second-order valence-corrected chi connectivity index (χ2v) is 11.8. The van der Waals surface area contributed by atoms with Crippen molar-refractivity contribution in [1.29, 1.82) is 0 Å². The summed E-state index contributed by atoms with van der Waals surface area (Å²) in [6.07, 6.45) is 0. The van der Waals surface area contributed by atoms with Crippen LogP contribution in [0.4, 0.5) is 48.3 Å². The van der Waals surface area contributed by atoms with E-state index in [1.54, 1.807) is 0 Å². The standard InChI is InChI=1S/C5H6F11O5Si3/c1-20-23(18,3(9,10)11)5(15,16)24(19,4(12,13)14)21-22(17)2(6,7)8/h17-19H,1H3. The van der Waals surface area contributed by atoms with Crippen LogP contribution in [0.25, 0.3) is 0 Å². The molecule has 3 N–H and O–H groups in total. The first-order chi connectivity index (χ1) is 10.2. The summed E-state index contributed by atoms with van der Waals surface area (Å²) in [7, 11) is -22.4. The van der Waals surface area contributed by atoms with Crippen molar-refractivity contribution < 1.29 is 71.2 Å². The van der Waals surface area contributed by atoms with E-state index in [2.05, 4.69) is 8.54 Å². The van der Waals surface area contributed by atoms with Crippen LogP contribution in [0, 0.1) is 0 Å². The minimum atomic E-state index is -8.41. The van der Waals surface area contributed by atoms with Crippen LogP contribution >= 0.6 is 0 Å². The molecule has 2 atom stereocenters. The molecule has 0 rings (SSSR count). The van der Waals surface area contributed by atoms with Gasteiger partial charge in [-0.3, -0.25) is 0 Å². The molecule has 0 fully saturated rings. The fourth-order valence-corrected chi connectivity index (χ4v) is 8.36. The summed E-state index contributed by atoms with van der Waals surface area (Å²) in [5.41, 5.74) is 0. The summed E-state index contributed by atoms with van der Waals surface area (Å²) in [4.78, 5) is 26.2. The van der Waals surface area contributed by atoms with Gasteiger partial charge in [-0.1, -0.05) is 0 Å². The van der Waals surface area contributed by atoms with Crippen LogP contribution in [0.3, 0.4) is 0 Å². The zero-order valence-electron chi connectivity index (χ0n) is 10.8. The van der Waals surface area contributed by atoms with E-state index in [9.17, 15) is 48.3 Å². The second kappa shape index (κ2) is 6.44. The molecule has 1 radical (unpaired) electrons. The third-order valence-electron chi connectivity index (χ3n) is 2.40. The van der Waals surface area contributed by atoms with Gasteiger partial charge in [-0.05, 0) is 0 Å². The second-order valence-electron chi connectivity index (χ2n) is 3.97. The highest BCUT2D eigenvalue weighted by Crippen LogP contribution is 2.48. The van der Waals surface area contributed by atoms with E-state index in [0.717, 1.165) is 0 Å². The van der Waals surface area contributed by atoms with Crippen molar-refractivity contribution in [3.05, 3.63) is 0 Å². The highest BCUT2D eigenvalue weighted by Gasteiger charge is 2.91. The van der Waals surface area contributed by atoms with Gasteiger partial charge in [0.25, 0.3) is 0 Å². The third-order valence-corrected chi connectivity index (χ3v) is 10.7. The number of alkyl halides is 11. The van der Waals surface area contributed by atoms with Crippen molar-refractivity contribution in [2.24, 2.45) is 0 Å².